The molecule has 0 radical (unpaired) electrons. The van der Waals surface area contributed by atoms with Crippen LogP contribution in [0.15, 0.2) is 72.3 Å². The molecule has 0 aliphatic rings. The molecular weight excluding hydrogens is 488 g/mol. The van der Waals surface area contributed by atoms with Crippen LogP contribution in [0.2, 0.25) is 0 Å². The summed E-state index contributed by atoms with van der Waals surface area (Å²) in [5, 5.41) is 3.45. The van der Waals surface area contributed by atoms with Crippen LogP contribution in [0.25, 0.3) is 32.9 Å². The Morgan fingerprint density at radius 1 is 0.919 bits per heavy atom. The van der Waals surface area contributed by atoms with E-state index in [1.54, 1.807) is 50.8 Å². The van der Waals surface area contributed by atoms with Crippen LogP contribution < -0.4 is 25.7 Å². The van der Waals surface area contributed by atoms with E-state index >= 15 is 0 Å². The summed E-state index contributed by atoms with van der Waals surface area (Å²) in [6.07, 6.45) is 6.87. The molecule has 5 aromatic rings. The molecule has 9 nitrogen and oxygen atoms in total. The van der Waals surface area contributed by atoms with E-state index in [2.05, 4.69) is 19.9 Å². The standard InChI is InChI=1S/C27H26N6O3S/c1-34-24-9-20-19-8-22(33-27(29)21(19)13-32-23(20)10-25(24)35-2)16-7-18(12-30-11-16)36-14-17(28)15-37-26-5-3-4-6-31-26/h3-13,17H,14-15,28H2,1-2H3,(H2,29,33)/t17-/m1/s1. The third kappa shape index (κ3) is 5.35. The minimum absolute atomic E-state index is 0.170. The third-order valence-electron chi connectivity index (χ3n) is 5.77. The summed E-state index contributed by atoms with van der Waals surface area (Å²) < 4.78 is 16.9. The number of ether oxygens (including phenoxy) is 3. The number of methoxy groups -OCH3 is 2. The van der Waals surface area contributed by atoms with Gasteiger partial charge in [-0.3, -0.25) is 9.97 Å². The van der Waals surface area contributed by atoms with Gasteiger partial charge in [0.05, 0.1) is 36.7 Å². The highest BCUT2D eigenvalue weighted by Crippen LogP contribution is 2.37. The zero-order chi connectivity index (χ0) is 25.8. The predicted octanol–water partition coefficient (Wildman–Crippen LogP) is 4.34. The van der Waals surface area contributed by atoms with Gasteiger partial charge in [0.15, 0.2) is 11.5 Å². The first-order valence-electron chi connectivity index (χ1n) is 11.5. The van der Waals surface area contributed by atoms with E-state index in [1.165, 1.54) is 0 Å². The average Bonchev–Trinajstić information content (AvgIpc) is 2.94. The first-order valence-corrected chi connectivity index (χ1v) is 12.5. The van der Waals surface area contributed by atoms with Crippen LogP contribution >= 0.6 is 11.8 Å². The van der Waals surface area contributed by atoms with Crippen molar-refractivity contribution in [3.05, 3.63) is 67.3 Å². The molecule has 188 valence electrons. The van der Waals surface area contributed by atoms with Gasteiger partial charge in [0.25, 0.3) is 0 Å². The Hall–Kier alpha value is -4.15. The van der Waals surface area contributed by atoms with Crippen molar-refractivity contribution in [3.63, 3.8) is 0 Å². The molecule has 1 atom stereocenters. The SMILES string of the molecule is COc1cc2ncc3c(N)nc(-c4cncc(OC[C@@H](N)CSc5ccccn5)c4)cc3c2cc1OC. The van der Waals surface area contributed by atoms with Gasteiger partial charge in [-0.2, -0.15) is 0 Å². The molecule has 0 fully saturated rings. The van der Waals surface area contributed by atoms with E-state index < -0.39 is 0 Å². The van der Waals surface area contributed by atoms with E-state index in [1.807, 2.05) is 42.5 Å². The first-order chi connectivity index (χ1) is 18.1. The summed E-state index contributed by atoms with van der Waals surface area (Å²) >= 11 is 1.59. The minimum atomic E-state index is -0.170. The fourth-order valence-corrected chi connectivity index (χ4v) is 4.71. The molecule has 4 aromatic heterocycles. The van der Waals surface area contributed by atoms with Crippen LogP contribution in [0.4, 0.5) is 5.82 Å². The summed E-state index contributed by atoms with van der Waals surface area (Å²) in [5.41, 5.74) is 14.8. The molecule has 0 aliphatic carbocycles. The van der Waals surface area contributed by atoms with Crippen LogP contribution in [0, 0.1) is 0 Å². The Balaban J connectivity index is 1.40. The van der Waals surface area contributed by atoms with E-state index in [4.69, 9.17) is 25.7 Å². The summed E-state index contributed by atoms with van der Waals surface area (Å²) in [5.74, 6) is 2.87. The molecule has 1 aromatic carbocycles. The fourth-order valence-electron chi connectivity index (χ4n) is 3.92. The second-order valence-electron chi connectivity index (χ2n) is 8.30. The number of fused-ring (bicyclic) bond motifs is 3. The van der Waals surface area contributed by atoms with Gasteiger partial charge in [-0.15, -0.1) is 11.8 Å². The third-order valence-corrected chi connectivity index (χ3v) is 6.90. The van der Waals surface area contributed by atoms with E-state index in [0.29, 0.717) is 41.1 Å². The zero-order valence-electron chi connectivity index (χ0n) is 20.4. The number of anilines is 1. The average molecular weight is 515 g/mol. The molecule has 4 N–H and O–H groups in total. The molecule has 37 heavy (non-hydrogen) atoms. The van der Waals surface area contributed by atoms with Crippen molar-refractivity contribution in [2.24, 2.45) is 5.73 Å². The Morgan fingerprint density at radius 2 is 1.76 bits per heavy atom. The van der Waals surface area contributed by atoms with E-state index in [-0.39, 0.29) is 6.04 Å². The molecule has 10 heteroatoms. The highest BCUT2D eigenvalue weighted by molar-refractivity contribution is 7.99. The number of nitrogens with zero attached hydrogens (tertiary/aromatic N) is 4. The zero-order valence-corrected chi connectivity index (χ0v) is 21.2. The number of aromatic nitrogens is 4. The van der Waals surface area contributed by atoms with Crippen molar-refractivity contribution in [2.45, 2.75) is 11.1 Å². The van der Waals surface area contributed by atoms with Crippen LogP contribution in [0.5, 0.6) is 17.2 Å². The van der Waals surface area contributed by atoms with Crippen molar-refractivity contribution in [1.29, 1.82) is 0 Å². The maximum absolute atomic E-state index is 6.35. The van der Waals surface area contributed by atoms with Crippen LogP contribution in [-0.4, -0.2) is 52.6 Å². The summed E-state index contributed by atoms with van der Waals surface area (Å²) in [4.78, 5) is 17.8. The molecule has 0 unspecified atom stereocenters. The number of hydrogen-bond donors (Lipinski definition) is 2. The summed E-state index contributed by atoms with van der Waals surface area (Å²) in [6.45, 7) is 0.343. The lowest BCUT2D eigenvalue weighted by Gasteiger charge is -2.14. The molecular formula is C27H26N6O3S. The first kappa shape index (κ1) is 24.5. The minimum Gasteiger partial charge on any atom is -0.493 e. The highest BCUT2D eigenvalue weighted by atomic mass is 32.2. The number of rotatable bonds is 9. The largest absolute Gasteiger partial charge is 0.493 e. The molecule has 0 spiro atoms. The molecule has 0 amide bonds. The fraction of sp³-hybridized carbons (Fsp3) is 0.185. The van der Waals surface area contributed by atoms with Crippen LogP contribution in [0.3, 0.4) is 0 Å². The Morgan fingerprint density at radius 3 is 2.54 bits per heavy atom. The normalized spacial score (nSPS) is 12.0. The molecule has 0 bridgehead atoms. The number of nitrogen functional groups attached to an aromatic ring is 1. The van der Waals surface area contributed by atoms with Gasteiger partial charge in [0.2, 0.25) is 0 Å². The number of benzene rings is 1. The van der Waals surface area contributed by atoms with Crippen LogP contribution in [0.1, 0.15) is 0 Å². The van der Waals surface area contributed by atoms with Gasteiger partial charge in [0.1, 0.15) is 18.2 Å². The van der Waals surface area contributed by atoms with Gasteiger partial charge in [-0.25, -0.2) is 9.97 Å². The van der Waals surface area contributed by atoms with Crippen molar-refractivity contribution in [1.82, 2.24) is 19.9 Å². The second kappa shape index (κ2) is 10.9. The number of pyridine rings is 4. The molecule has 0 saturated heterocycles. The van der Waals surface area contributed by atoms with Gasteiger partial charge >= 0.3 is 0 Å². The van der Waals surface area contributed by atoms with Gasteiger partial charge in [-0.1, -0.05) is 6.07 Å². The van der Waals surface area contributed by atoms with Gasteiger partial charge in [0, 0.05) is 52.8 Å². The van der Waals surface area contributed by atoms with E-state index in [9.17, 15) is 0 Å². The number of nitrogens with two attached hydrogens (primary N) is 2. The molecule has 0 saturated carbocycles. The summed E-state index contributed by atoms with van der Waals surface area (Å²) in [7, 11) is 3.20. The van der Waals surface area contributed by atoms with Crippen molar-refractivity contribution in [2.75, 3.05) is 32.3 Å². The van der Waals surface area contributed by atoms with Crippen LogP contribution in [-0.2, 0) is 0 Å². The highest BCUT2D eigenvalue weighted by Gasteiger charge is 2.14. The maximum Gasteiger partial charge on any atom is 0.162 e. The van der Waals surface area contributed by atoms with Crippen molar-refractivity contribution < 1.29 is 14.2 Å². The topological polar surface area (TPSA) is 131 Å². The second-order valence-corrected chi connectivity index (χ2v) is 9.34. The quantitative estimate of drug-likeness (QED) is 0.216. The monoisotopic (exact) mass is 514 g/mol. The lowest BCUT2D eigenvalue weighted by molar-refractivity contribution is 0.297. The number of hydrogen-bond acceptors (Lipinski definition) is 10. The Kier molecular flexibility index (Phi) is 7.20. The Bertz CT molecular complexity index is 1550. The van der Waals surface area contributed by atoms with E-state index in [0.717, 1.165) is 32.3 Å². The molecule has 4 heterocycles. The van der Waals surface area contributed by atoms with Crippen molar-refractivity contribution in [3.8, 4) is 28.5 Å². The lowest BCUT2D eigenvalue weighted by atomic mass is 10.0. The smallest absolute Gasteiger partial charge is 0.162 e. The maximum atomic E-state index is 6.35. The van der Waals surface area contributed by atoms with Gasteiger partial charge in [-0.05, 0) is 35.7 Å². The number of thioether (sulfide) groups is 1. The predicted molar refractivity (Wildman–Crippen MR) is 146 cm³/mol. The lowest BCUT2D eigenvalue weighted by Crippen LogP contribution is -2.30. The van der Waals surface area contributed by atoms with Gasteiger partial charge < -0.3 is 25.7 Å². The van der Waals surface area contributed by atoms with Crippen molar-refractivity contribution >= 4 is 39.3 Å². The Labute approximate surface area is 218 Å². The molecule has 0 aliphatic heterocycles. The molecule has 5 rings (SSSR count). The summed E-state index contributed by atoms with van der Waals surface area (Å²) in [6, 6.07) is 13.2.